The summed E-state index contributed by atoms with van der Waals surface area (Å²) in [5, 5.41) is 2.94. The smallest absolute Gasteiger partial charge is 0.234 e. The van der Waals surface area contributed by atoms with Gasteiger partial charge in [0.1, 0.15) is 0 Å². The van der Waals surface area contributed by atoms with Crippen molar-refractivity contribution < 1.29 is 9.59 Å². The van der Waals surface area contributed by atoms with E-state index in [1.165, 1.54) is 0 Å². The molecule has 1 aliphatic heterocycles. The van der Waals surface area contributed by atoms with E-state index in [0.717, 1.165) is 57.4 Å². The molecule has 1 fully saturated rings. The lowest BCUT2D eigenvalue weighted by molar-refractivity contribution is -0.130. The molecule has 126 valence electrons. The molecule has 1 heterocycles. The third-order valence-electron chi connectivity index (χ3n) is 3.91. The van der Waals surface area contributed by atoms with Gasteiger partial charge < -0.3 is 10.2 Å². The van der Waals surface area contributed by atoms with Gasteiger partial charge in [-0.15, -0.1) is 0 Å². The van der Waals surface area contributed by atoms with Gasteiger partial charge >= 0.3 is 0 Å². The lowest BCUT2D eigenvalue weighted by Crippen LogP contribution is -2.39. The van der Waals surface area contributed by atoms with Gasteiger partial charge in [0, 0.05) is 32.6 Å². The monoisotopic (exact) mass is 309 g/mol. The Bertz CT molecular complexity index is 382. The van der Waals surface area contributed by atoms with Crippen molar-refractivity contribution >= 4 is 11.8 Å². The van der Waals surface area contributed by atoms with Gasteiger partial charge in [-0.2, -0.15) is 0 Å². The lowest BCUT2D eigenvalue weighted by Gasteiger charge is -2.21. The van der Waals surface area contributed by atoms with Crippen molar-refractivity contribution in [1.29, 1.82) is 0 Å². The number of hydrogen-bond donors (Lipinski definition) is 1. The van der Waals surface area contributed by atoms with Crippen LogP contribution in [0.2, 0.25) is 0 Å². The van der Waals surface area contributed by atoms with Crippen LogP contribution in [-0.2, 0) is 9.59 Å². The van der Waals surface area contributed by atoms with Crippen LogP contribution in [0.5, 0.6) is 0 Å². The van der Waals surface area contributed by atoms with Crippen LogP contribution in [0.1, 0.15) is 46.0 Å². The third-order valence-corrected chi connectivity index (χ3v) is 3.91. The molecule has 0 saturated carbocycles. The van der Waals surface area contributed by atoms with E-state index in [2.05, 4.69) is 16.8 Å². The van der Waals surface area contributed by atoms with E-state index in [4.69, 9.17) is 0 Å². The quantitative estimate of drug-likeness (QED) is 0.522. The van der Waals surface area contributed by atoms with Crippen molar-refractivity contribution in [2.45, 2.75) is 46.0 Å². The molecule has 22 heavy (non-hydrogen) atoms. The molecule has 0 atom stereocenters. The number of carbonyl (C=O) groups excluding carboxylic acids is 2. The Morgan fingerprint density at radius 3 is 2.77 bits per heavy atom. The molecule has 0 spiro atoms. The average molecular weight is 309 g/mol. The predicted octanol–water partition coefficient (Wildman–Crippen LogP) is 1.79. The first kappa shape index (κ1) is 18.7. The van der Waals surface area contributed by atoms with Gasteiger partial charge in [0.05, 0.1) is 6.54 Å². The second kappa shape index (κ2) is 10.4. The zero-order chi connectivity index (χ0) is 16.4. The molecule has 0 radical (unpaired) electrons. The molecule has 0 aliphatic carbocycles. The zero-order valence-corrected chi connectivity index (χ0v) is 14.2. The first-order valence-electron chi connectivity index (χ1n) is 8.44. The number of nitrogens with one attached hydrogen (secondary N) is 1. The minimum atomic E-state index is 0.0466. The highest BCUT2D eigenvalue weighted by molar-refractivity contribution is 5.78. The molecule has 0 unspecified atom stereocenters. The van der Waals surface area contributed by atoms with E-state index in [1.807, 2.05) is 18.7 Å². The van der Waals surface area contributed by atoms with Gasteiger partial charge in [-0.25, -0.2) is 0 Å². The number of carbonyl (C=O) groups is 2. The Morgan fingerprint density at radius 2 is 2.09 bits per heavy atom. The fourth-order valence-electron chi connectivity index (χ4n) is 2.69. The van der Waals surface area contributed by atoms with Crippen LogP contribution >= 0.6 is 0 Å². The summed E-state index contributed by atoms with van der Waals surface area (Å²) in [6.07, 6.45) is 4.77. The van der Waals surface area contributed by atoms with Crippen molar-refractivity contribution in [3.63, 3.8) is 0 Å². The Balaban J connectivity index is 2.18. The summed E-state index contributed by atoms with van der Waals surface area (Å²) in [4.78, 5) is 27.8. The van der Waals surface area contributed by atoms with E-state index in [-0.39, 0.29) is 11.8 Å². The summed E-state index contributed by atoms with van der Waals surface area (Å²) in [6, 6.07) is 0. The standard InChI is InChI=1S/C17H31N3O2/c1-4-19(13-15(2)3)14-16(21)18-10-8-12-20-11-7-5-6-9-17(20)22/h2,4-14H2,1,3H3,(H,18,21). The average Bonchev–Trinajstić information content (AvgIpc) is 2.67. The van der Waals surface area contributed by atoms with Crippen LogP contribution in [0.3, 0.4) is 0 Å². The van der Waals surface area contributed by atoms with Crippen LogP contribution in [0, 0.1) is 0 Å². The highest BCUT2D eigenvalue weighted by Crippen LogP contribution is 2.11. The Kier molecular flexibility index (Phi) is 8.82. The number of nitrogens with zero attached hydrogens (tertiary/aromatic N) is 2. The summed E-state index contributed by atoms with van der Waals surface area (Å²) in [7, 11) is 0. The van der Waals surface area contributed by atoms with Crippen LogP contribution in [0.25, 0.3) is 0 Å². The molecular formula is C17H31N3O2. The molecule has 0 aromatic carbocycles. The van der Waals surface area contributed by atoms with Gasteiger partial charge in [-0.3, -0.25) is 14.5 Å². The molecule has 0 aromatic heterocycles. The number of rotatable bonds is 9. The second-order valence-corrected chi connectivity index (χ2v) is 6.16. The maximum absolute atomic E-state index is 11.9. The zero-order valence-electron chi connectivity index (χ0n) is 14.2. The summed E-state index contributed by atoms with van der Waals surface area (Å²) in [6.45, 7) is 12.2. The Hall–Kier alpha value is -1.36. The van der Waals surface area contributed by atoms with Crippen LogP contribution in [0.4, 0.5) is 0 Å². The van der Waals surface area contributed by atoms with E-state index < -0.39 is 0 Å². The second-order valence-electron chi connectivity index (χ2n) is 6.16. The molecule has 0 bridgehead atoms. The summed E-state index contributed by atoms with van der Waals surface area (Å²) < 4.78 is 0. The highest BCUT2D eigenvalue weighted by Gasteiger charge is 2.16. The van der Waals surface area contributed by atoms with Crippen LogP contribution < -0.4 is 5.32 Å². The Labute approximate surface area is 134 Å². The van der Waals surface area contributed by atoms with Crippen LogP contribution in [-0.4, -0.2) is 60.9 Å². The minimum absolute atomic E-state index is 0.0466. The number of hydrogen-bond acceptors (Lipinski definition) is 3. The van der Waals surface area contributed by atoms with E-state index in [1.54, 1.807) is 0 Å². The number of likely N-dealkylation sites (N-methyl/N-ethyl adjacent to an activating group) is 1. The van der Waals surface area contributed by atoms with Gasteiger partial charge in [-0.05, 0) is 32.7 Å². The topological polar surface area (TPSA) is 52.7 Å². The highest BCUT2D eigenvalue weighted by atomic mass is 16.2. The fourth-order valence-corrected chi connectivity index (χ4v) is 2.69. The Morgan fingerprint density at radius 1 is 1.32 bits per heavy atom. The van der Waals surface area contributed by atoms with E-state index in [0.29, 0.717) is 19.5 Å². The number of amides is 2. The van der Waals surface area contributed by atoms with Gasteiger partial charge in [0.25, 0.3) is 0 Å². The molecule has 1 aliphatic rings. The molecule has 1 rings (SSSR count). The molecule has 5 nitrogen and oxygen atoms in total. The maximum atomic E-state index is 11.9. The minimum Gasteiger partial charge on any atom is -0.355 e. The first-order valence-corrected chi connectivity index (χ1v) is 8.44. The van der Waals surface area contributed by atoms with Crippen molar-refractivity contribution in [2.24, 2.45) is 0 Å². The molecular weight excluding hydrogens is 278 g/mol. The normalized spacial score (nSPS) is 15.8. The lowest BCUT2D eigenvalue weighted by atomic mass is 10.2. The van der Waals surface area contributed by atoms with Crippen molar-refractivity contribution in [1.82, 2.24) is 15.1 Å². The molecule has 1 N–H and O–H groups in total. The van der Waals surface area contributed by atoms with Crippen molar-refractivity contribution in [2.75, 3.05) is 39.3 Å². The SMILES string of the molecule is C=C(C)CN(CC)CC(=O)NCCCN1CCCCCC1=O. The molecule has 0 aromatic rings. The predicted molar refractivity (Wildman–Crippen MR) is 89.6 cm³/mol. The summed E-state index contributed by atoms with van der Waals surface area (Å²) >= 11 is 0. The van der Waals surface area contributed by atoms with Gasteiger partial charge in [0.2, 0.25) is 11.8 Å². The maximum Gasteiger partial charge on any atom is 0.234 e. The largest absolute Gasteiger partial charge is 0.355 e. The van der Waals surface area contributed by atoms with Crippen molar-refractivity contribution in [3.8, 4) is 0 Å². The molecule has 1 saturated heterocycles. The first-order chi connectivity index (χ1) is 10.5. The van der Waals surface area contributed by atoms with Gasteiger partial charge in [-0.1, -0.05) is 25.5 Å². The fraction of sp³-hybridized carbons (Fsp3) is 0.765. The van der Waals surface area contributed by atoms with E-state index in [9.17, 15) is 9.59 Å². The summed E-state index contributed by atoms with van der Waals surface area (Å²) in [5.41, 5.74) is 1.06. The number of likely N-dealkylation sites (tertiary alicyclic amines) is 1. The van der Waals surface area contributed by atoms with Crippen molar-refractivity contribution in [3.05, 3.63) is 12.2 Å². The third kappa shape index (κ3) is 7.59. The summed E-state index contributed by atoms with van der Waals surface area (Å²) in [5.74, 6) is 0.313. The molecule has 5 heteroatoms. The van der Waals surface area contributed by atoms with Gasteiger partial charge in [0.15, 0.2) is 0 Å². The van der Waals surface area contributed by atoms with E-state index >= 15 is 0 Å². The molecule has 2 amide bonds. The van der Waals surface area contributed by atoms with Crippen LogP contribution in [0.15, 0.2) is 12.2 Å².